The fraction of sp³-hybridized carbons (Fsp3) is 0.435. The van der Waals surface area contributed by atoms with Crippen molar-refractivity contribution in [1.82, 2.24) is 9.78 Å². The molecule has 0 N–H and O–H groups in total. The average Bonchev–Trinajstić information content (AvgIpc) is 3.07. The molecule has 0 atom stereocenters. The zero-order valence-electron chi connectivity index (χ0n) is 18.5. The molecule has 0 spiro atoms. The number of carbonyl (C=O) groups is 1. The molecular formula is C23H29N3O3S. The minimum atomic E-state index is -0.366. The number of nitriles is 1. The largest absolute Gasteiger partial charge is 0.454 e. The van der Waals surface area contributed by atoms with Crippen LogP contribution in [-0.2, 0) is 26.2 Å². The lowest BCUT2D eigenvalue weighted by Crippen LogP contribution is -2.13. The molecule has 0 unspecified atom stereocenters. The van der Waals surface area contributed by atoms with E-state index < -0.39 is 0 Å². The molecule has 1 aromatic heterocycles. The lowest BCUT2D eigenvalue weighted by molar-refractivity contribution is -0.148. The summed E-state index contributed by atoms with van der Waals surface area (Å²) in [6.45, 7) is 10.6. The lowest BCUT2D eigenvalue weighted by Gasteiger charge is -2.19. The third kappa shape index (κ3) is 5.90. The van der Waals surface area contributed by atoms with Crippen LogP contribution in [0, 0.1) is 18.3 Å². The summed E-state index contributed by atoms with van der Waals surface area (Å²) in [5, 5.41) is 14.4. The summed E-state index contributed by atoms with van der Waals surface area (Å²) < 4.78 is 12.8. The number of carbonyl (C=O) groups excluding carboxylic acids is 1. The van der Waals surface area contributed by atoms with Crippen molar-refractivity contribution in [2.45, 2.75) is 46.6 Å². The summed E-state index contributed by atoms with van der Waals surface area (Å²) in [5.74, 6) is 0.226. The Balaban J connectivity index is 2.49. The van der Waals surface area contributed by atoms with Crippen LogP contribution in [0.15, 0.2) is 30.3 Å². The number of aryl methyl sites for hydroxylation is 2. The molecule has 2 aromatic rings. The van der Waals surface area contributed by atoms with Crippen molar-refractivity contribution in [2.75, 3.05) is 18.8 Å². The number of thioether (sulfide) groups is 1. The predicted molar refractivity (Wildman–Crippen MR) is 121 cm³/mol. The fourth-order valence-electron chi connectivity index (χ4n) is 2.94. The minimum Gasteiger partial charge on any atom is -0.454 e. The molecule has 0 aliphatic carbocycles. The molecule has 1 aromatic carbocycles. The van der Waals surface area contributed by atoms with Crippen LogP contribution < -0.4 is 0 Å². The van der Waals surface area contributed by atoms with Crippen LogP contribution in [0.5, 0.6) is 0 Å². The number of nitrogens with zero attached hydrogens (tertiary/aromatic N) is 3. The number of allylic oxidation sites excluding steroid dienone is 1. The zero-order chi connectivity index (χ0) is 22.3. The van der Waals surface area contributed by atoms with Gasteiger partial charge in [-0.2, -0.15) is 22.1 Å². The van der Waals surface area contributed by atoms with Crippen LogP contribution in [-0.4, -0.2) is 34.6 Å². The highest BCUT2D eigenvalue weighted by atomic mass is 32.2. The molecule has 2 rings (SSSR count). The highest BCUT2D eigenvalue weighted by molar-refractivity contribution is 7.99. The van der Waals surface area contributed by atoms with Crippen LogP contribution in [0.3, 0.4) is 0 Å². The SMILES string of the molecule is CCn1nc(C)cc1/C(OCOC(=O)CSC)=C(\C#N)c1ccc(C(C)(C)C)cc1. The van der Waals surface area contributed by atoms with E-state index in [1.807, 2.05) is 50.4 Å². The van der Waals surface area contributed by atoms with Crippen LogP contribution in [0.25, 0.3) is 11.3 Å². The molecule has 0 saturated carbocycles. The summed E-state index contributed by atoms with van der Waals surface area (Å²) in [4.78, 5) is 11.7. The number of aromatic nitrogens is 2. The van der Waals surface area contributed by atoms with Gasteiger partial charge in [0.15, 0.2) is 5.76 Å². The van der Waals surface area contributed by atoms with Crippen molar-refractivity contribution in [3.63, 3.8) is 0 Å². The maximum atomic E-state index is 11.7. The van der Waals surface area contributed by atoms with Gasteiger partial charge in [-0.05, 0) is 42.7 Å². The van der Waals surface area contributed by atoms with Gasteiger partial charge in [-0.1, -0.05) is 45.0 Å². The van der Waals surface area contributed by atoms with Gasteiger partial charge in [0.1, 0.15) is 17.3 Å². The first-order valence-electron chi connectivity index (χ1n) is 9.78. The molecule has 160 valence electrons. The Kier molecular flexibility index (Phi) is 8.13. The first-order chi connectivity index (χ1) is 14.2. The van der Waals surface area contributed by atoms with Crippen LogP contribution in [0.2, 0.25) is 0 Å². The number of rotatable bonds is 8. The van der Waals surface area contributed by atoms with Crippen molar-refractivity contribution < 1.29 is 14.3 Å². The molecule has 0 amide bonds. The first-order valence-corrected chi connectivity index (χ1v) is 11.2. The average molecular weight is 428 g/mol. The van der Waals surface area contributed by atoms with Gasteiger partial charge in [-0.25, -0.2) is 0 Å². The van der Waals surface area contributed by atoms with Gasteiger partial charge in [0.05, 0.1) is 11.4 Å². The second-order valence-electron chi connectivity index (χ2n) is 7.84. The second-order valence-corrected chi connectivity index (χ2v) is 8.71. The van der Waals surface area contributed by atoms with E-state index in [1.165, 1.54) is 17.3 Å². The quantitative estimate of drug-likeness (QED) is 0.261. The van der Waals surface area contributed by atoms with Gasteiger partial charge in [-0.15, -0.1) is 0 Å². The molecule has 0 saturated heterocycles. The number of hydrogen-bond acceptors (Lipinski definition) is 6. The van der Waals surface area contributed by atoms with Crippen molar-refractivity contribution in [3.05, 3.63) is 52.8 Å². The van der Waals surface area contributed by atoms with Gasteiger partial charge >= 0.3 is 5.97 Å². The topological polar surface area (TPSA) is 77.1 Å². The maximum absolute atomic E-state index is 11.7. The summed E-state index contributed by atoms with van der Waals surface area (Å²) in [7, 11) is 0. The van der Waals surface area contributed by atoms with Crippen molar-refractivity contribution in [1.29, 1.82) is 5.26 Å². The van der Waals surface area contributed by atoms with Crippen LogP contribution in [0.1, 0.15) is 50.2 Å². The maximum Gasteiger partial charge on any atom is 0.318 e. The third-order valence-electron chi connectivity index (χ3n) is 4.50. The molecule has 0 aliphatic heterocycles. The Bertz CT molecular complexity index is 948. The number of ether oxygens (including phenoxy) is 2. The first kappa shape index (κ1) is 23.6. The Morgan fingerprint density at radius 1 is 1.23 bits per heavy atom. The standard InChI is InChI=1S/C23H29N3O3S/c1-7-26-20(12-16(2)25-26)22(29-15-28-21(27)14-30-6)19(13-24)17-8-10-18(11-9-17)23(3,4)5/h8-12H,7,14-15H2,1-6H3/b22-19-. The van der Waals surface area contributed by atoms with E-state index in [2.05, 4.69) is 31.9 Å². The van der Waals surface area contributed by atoms with E-state index in [0.717, 1.165) is 11.3 Å². The Labute approximate surface area is 182 Å². The number of esters is 1. The highest BCUT2D eigenvalue weighted by Gasteiger charge is 2.20. The molecule has 7 heteroatoms. The number of hydrogen-bond donors (Lipinski definition) is 0. The van der Waals surface area contributed by atoms with Crippen molar-refractivity contribution in [2.24, 2.45) is 0 Å². The van der Waals surface area contributed by atoms with Gasteiger partial charge in [0, 0.05) is 6.54 Å². The van der Waals surface area contributed by atoms with Crippen molar-refractivity contribution >= 4 is 29.1 Å². The third-order valence-corrected chi connectivity index (χ3v) is 5.02. The van der Waals surface area contributed by atoms with E-state index in [0.29, 0.717) is 23.6 Å². The van der Waals surface area contributed by atoms with E-state index in [1.54, 1.807) is 4.68 Å². The molecule has 0 fully saturated rings. The summed E-state index contributed by atoms with van der Waals surface area (Å²) in [6, 6.07) is 12.0. The molecule has 30 heavy (non-hydrogen) atoms. The number of benzene rings is 1. The minimum absolute atomic E-state index is 0.0117. The molecule has 0 radical (unpaired) electrons. The van der Waals surface area contributed by atoms with E-state index in [4.69, 9.17) is 9.47 Å². The fourth-order valence-corrected chi connectivity index (χ4v) is 3.26. The van der Waals surface area contributed by atoms with E-state index in [9.17, 15) is 10.1 Å². The summed E-state index contributed by atoms with van der Waals surface area (Å²) in [6.07, 6.45) is 1.82. The van der Waals surface area contributed by atoms with Crippen LogP contribution >= 0.6 is 11.8 Å². The van der Waals surface area contributed by atoms with Crippen molar-refractivity contribution in [3.8, 4) is 6.07 Å². The normalized spacial score (nSPS) is 12.2. The lowest BCUT2D eigenvalue weighted by atomic mass is 9.86. The highest BCUT2D eigenvalue weighted by Crippen LogP contribution is 2.30. The predicted octanol–water partition coefficient (Wildman–Crippen LogP) is 4.78. The second kappa shape index (κ2) is 10.4. The monoisotopic (exact) mass is 427 g/mol. The van der Waals surface area contributed by atoms with Gasteiger partial charge in [0.25, 0.3) is 0 Å². The molecule has 0 aliphatic rings. The smallest absolute Gasteiger partial charge is 0.318 e. The van der Waals surface area contributed by atoms with Gasteiger partial charge in [0.2, 0.25) is 6.79 Å². The molecule has 0 bridgehead atoms. The zero-order valence-corrected chi connectivity index (χ0v) is 19.3. The van der Waals surface area contributed by atoms with Crippen LogP contribution in [0.4, 0.5) is 0 Å². The molecule has 6 nitrogen and oxygen atoms in total. The Morgan fingerprint density at radius 3 is 2.43 bits per heavy atom. The Morgan fingerprint density at radius 2 is 1.90 bits per heavy atom. The molecule has 1 heterocycles. The summed E-state index contributed by atoms with van der Waals surface area (Å²) >= 11 is 1.38. The molecular weight excluding hydrogens is 398 g/mol. The summed E-state index contributed by atoms with van der Waals surface area (Å²) in [5.41, 5.74) is 3.77. The van der Waals surface area contributed by atoms with E-state index >= 15 is 0 Å². The van der Waals surface area contributed by atoms with Gasteiger partial charge < -0.3 is 9.47 Å². The van der Waals surface area contributed by atoms with E-state index in [-0.39, 0.29) is 23.9 Å². The Hall–Kier alpha value is -2.72. The van der Waals surface area contributed by atoms with Gasteiger partial charge in [-0.3, -0.25) is 9.48 Å².